The number of nitrogens with zero attached hydrogens (tertiary/aromatic N) is 6. The molecule has 4 aromatic rings. The summed E-state index contributed by atoms with van der Waals surface area (Å²) in [6.07, 6.45) is 0. The Morgan fingerprint density at radius 1 is 0.460 bits per heavy atom. The summed E-state index contributed by atoms with van der Waals surface area (Å²) in [5.41, 5.74) is -5.39. The fraction of sp³-hybridized carbons (Fsp3) is 0.200. The van der Waals surface area contributed by atoms with Gasteiger partial charge in [-0.25, -0.2) is 0 Å². The van der Waals surface area contributed by atoms with Crippen LogP contribution in [-0.4, -0.2) is 112 Å². The van der Waals surface area contributed by atoms with E-state index in [1.807, 2.05) is 0 Å². The van der Waals surface area contributed by atoms with Gasteiger partial charge in [0.1, 0.15) is 22.8 Å². The molecule has 0 aliphatic carbocycles. The number of pyridine rings is 4. The van der Waals surface area contributed by atoms with Gasteiger partial charge in [0.15, 0.2) is 0 Å². The normalized spacial score (nSPS) is 10.6. The average Bonchev–Trinajstić information content (AvgIpc) is 3.09. The molecular formula is C30H30N8O12. The predicted octanol–water partition coefficient (Wildman–Crippen LogP) is -2.27. The summed E-state index contributed by atoms with van der Waals surface area (Å²) in [4.78, 5) is 102. The number of carbonyl (C=O) groups excluding carboxylic acids is 4. The lowest BCUT2D eigenvalue weighted by molar-refractivity contribution is 0.0599. The zero-order valence-electron chi connectivity index (χ0n) is 25.9. The van der Waals surface area contributed by atoms with Gasteiger partial charge in [-0.1, -0.05) is 24.3 Å². The van der Waals surface area contributed by atoms with E-state index in [-0.39, 0.29) is 58.2 Å². The second-order valence-electron chi connectivity index (χ2n) is 10.3. The second kappa shape index (κ2) is 15.6. The first-order chi connectivity index (χ1) is 23.8. The van der Waals surface area contributed by atoms with Gasteiger partial charge in [0.05, 0.1) is 0 Å². The molecule has 0 saturated heterocycles. The number of nitrogens with one attached hydrogen (secondary N) is 2. The summed E-state index contributed by atoms with van der Waals surface area (Å²) in [6, 6.07) is 13.5. The Bertz CT molecular complexity index is 2020. The molecule has 4 rings (SSSR count). The van der Waals surface area contributed by atoms with Crippen molar-refractivity contribution in [3.05, 3.63) is 137 Å². The molecule has 20 nitrogen and oxygen atoms in total. The maximum Gasteiger partial charge on any atom is 0.283 e. The van der Waals surface area contributed by atoms with E-state index in [2.05, 4.69) is 10.6 Å². The van der Waals surface area contributed by atoms with Crippen molar-refractivity contribution in [2.45, 2.75) is 0 Å². The zero-order valence-corrected chi connectivity index (χ0v) is 25.9. The summed E-state index contributed by atoms with van der Waals surface area (Å²) >= 11 is 0. The van der Waals surface area contributed by atoms with E-state index < -0.39 is 68.6 Å². The Morgan fingerprint density at radius 2 is 0.740 bits per heavy atom. The van der Waals surface area contributed by atoms with Gasteiger partial charge in [-0.05, 0) is 24.3 Å². The Balaban J connectivity index is 1.57. The molecule has 0 saturated carbocycles. The fourth-order valence-corrected chi connectivity index (χ4v) is 4.58. The largest absolute Gasteiger partial charge is 0.425 e. The van der Waals surface area contributed by atoms with Gasteiger partial charge in [-0.15, -0.1) is 18.9 Å². The fourth-order valence-electron chi connectivity index (χ4n) is 4.58. The number of rotatable bonds is 13. The number of aromatic nitrogens is 4. The molecule has 262 valence electrons. The van der Waals surface area contributed by atoms with Crippen molar-refractivity contribution in [1.29, 1.82) is 0 Å². The molecule has 4 aromatic heterocycles. The van der Waals surface area contributed by atoms with Crippen molar-refractivity contribution >= 4 is 23.6 Å². The SMILES string of the molecule is O=C(NCCN(CCN(CCNC(=O)c1cccc(=O)n1O)C(=O)c1cccc(=O)n1O)C(=O)c1cccc(=O)n1O)c1cccc(=O)n1O. The van der Waals surface area contributed by atoms with E-state index in [0.717, 1.165) is 58.3 Å². The van der Waals surface area contributed by atoms with E-state index in [4.69, 9.17) is 0 Å². The van der Waals surface area contributed by atoms with Crippen LogP contribution < -0.4 is 32.9 Å². The van der Waals surface area contributed by atoms with Crippen molar-refractivity contribution in [3.8, 4) is 0 Å². The first-order valence-corrected chi connectivity index (χ1v) is 14.6. The molecule has 4 amide bonds. The monoisotopic (exact) mass is 694 g/mol. The molecule has 0 radical (unpaired) electrons. The molecule has 50 heavy (non-hydrogen) atoms. The molecule has 0 aliphatic heterocycles. The van der Waals surface area contributed by atoms with Crippen molar-refractivity contribution in [2.75, 3.05) is 39.3 Å². The van der Waals surface area contributed by atoms with Gasteiger partial charge in [0, 0.05) is 63.5 Å². The third-order valence-corrected chi connectivity index (χ3v) is 7.17. The molecule has 0 atom stereocenters. The lowest BCUT2D eigenvalue weighted by Gasteiger charge is -2.28. The van der Waals surface area contributed by atoms with E-state index in [1.54, 1.807) is 0 Å². The van der Waals surface area contributed by atoms with E-state index in [9.17, 15) is 59.2 Å². The van der Waals surface area contributed by atoms with Crippen LogP contribution in [0.3, 0.4) is 0 Å². The van der Waals surface area contributed by atoms with Crippen LogP contribution in [0.5, 0.6) is 0 Å². The third kappa shape index (κ3) is 8.05. The van der Waals surface area contributed by atoms with E-state index in [0.29, 0.717) is 0 Å². The summed E-state index contributed by atoms with van der Waals surface area (Å²) < 4.78 is 0.437. The number of amides is 4. The predicted molar refractivity (Wildman–Crippen MR) is 168 cm³/mol. The van der Waals surface area contributed by atoms with Crippen LogP contribution in [0, 0.1) is 0 Å². The van der Waals surface area contributed by atoms with E-state index >= 15 is 0 Å². The Morgan fingerprint density at radius 3 is 1.06 bits per heavy atom. The molecule has 20 heteroatoms. The van der Waals surface area contributed by atoms with Crippen LogP contribution in [0.15, 0.2) is 92.0 Å². The minimum absolute atomic E-state index is 0.0968. The molecule has 0 unspecified atom stereocenters. The van der Waals surface area contributed by atoms with Gasteiger partial charge in [-0.2, -0.15) is 0 Å². The van der Waals surface area contributed by atoms with Crippen LogP contribution in [0.25, 0.3) is 0 Å². The first kappa shape index (κ1) is 35.7. The number of carbonyl (C=O) groups is 4. The quantitative estimate of drug-likeness (QED) is 0.0809. The highest BCUT2D eigenvalue weighted by Crippen LogP contribution is 2.07. The van der Waals surface area contributed by atoms with Crippen LogP contribution in [0.4, 0.5) is 0 Å². The lowest BCUT2D eigenvalue weighted by Crippen LogP contribution is -2.47. The molecule has 0 aromatic carbocycles. The summed E-state index contributed by atoms with van der Waals surface area (Å²) in [5.74, 6) is -3.63. The van der Waals surface area contributed by atoms with Gasteiger partial charge >= 0.3 is 0 Å². The molecule has 6 N–H and O–H groups in total. The Hall–Kier alpha value is -7.12. The number of hydrogen-bond donors (Lipinski definition) is 6. The summed E-state index contributed by atoms with van der Waals surface area (Å²) in [6.45, 7) is -1.93. The minimum Gasteiger partial charge on any atom is -0.425 e. The standard InChI is InChI=1S/C30H30N8O12/c39-23-9-1-5-19(35(23)47)27(43)31-13-15-33(29(45)21-7-3-11-25(41)37(21)49)17-18-34(30(46)22-8-4-12-26(42)38(22)50)16-14-32-28(44)20-6-2-10-24(40)36(20)48/h1-12,47-50H,13-18H2,(H,31,43)(H,32,44). The first-order valence-electron chi connectivity index (χ1n) is 14.6. The van der Waals surface area contributed by atoms with Crippen molar-refractivity contribution < 1.29 is 40.0 Å². The van der Waals surface area contributed by atoms with Crippen LogP contribution >= 0.6 is 0 Å². The van der Waals surface area contributed by atoms with Gasteiger partial charge in [0.2, 0.25) is 0 Å². The molecule has 0 spiro atoms. The Kier molecular flexibility index (Phi) is 11.2. The molecular weight excluding hydrogens is 664 g/mol. The van der Waals surface area contributed by atoms with Gasteiger partial charge in [-0.3, -0.25) is 38.4 Å². The lowest BCUT2D eigenvalue weighted by atomic mass is 10.2. The smallest absolute Gasteiger partial charge is 0.283 e. The Labute approximate surface area is 279 Å². The maximum atomic E-state index is 13.5. The van der Waals surface area contributed by atoms with Gasteiger partial charge < -0.3 is 41.3 Å². The zero-order chi connectivity index (χ0) is 36.5. The molecule has 0 bridgehead atoms. The second-order valence-corrected chi connectivity index (χ2v) is 10.3. The highest BCUT2D eigenvalue weighted by molar-refractivity contribution is 5.94. The van der Waals surface area contributed by atoms with Gasteiger partial charge in [0.25, 0.3) is 45.9 Å². The highest BCUT2D eigenvalue weighted by atomic mass is 16.5. The van der Waals surface area contributed by atoms with Crippen molar-refractivity contribution in [2.24, 2.45) is 0 Å². The van der Waals surface area contributed by atoms with Crippen LogP contribution in [0.2, 0.25) is 0 Å². The van der Waals surface area contributed by atoms with Crippen LogP contribution in [0.1, 0.15) is 42.0 Å². The van der Waals surface area contributed by atoms with Crippen molar-refractivity contribution in [3.63, 3.8) is 0 Å². The number of hydrogen-bond acceptors (Lipinski definition) is 12. The summed E-state index contributed by atoms with van der Waals surface area (Å²) in [5, 5.41) is 45.1. The van der Waals surface area contributed by atoms with Crippen LogP contribution in [-0.2, 0) is 0 Å². The van der Waals surface area contributed by atoms with Crippen molar-refractivity contribution in [1.82, 2.24) is 39.4 Å². The molecule has 0 aliphatic rings. The van der Waals surface area contributed by atoms with E-state index in [1.165, 1.54) is 24.3 Å². The highest BCUT2D eigenvalue weighted by Gasteiger charge is 2.25. The minimum atomic E-state index is -0.932. The topological polar surface area (TPSA) is 268 Å². The molecule has 4 heterocycles. The summed E-state index contributed by atoms with van der Waals surface area (Å²) in [7, 11) is 0. The molecule has 0 fully saturated rings. The average molecular weight is 695 g/mol. The maximum absolute atomic E-state index is 13.5. The third-order valence-electron chi connectivity index (χ3n) is 7.17.